The number of hydrogen-bond donors (Lipinski definition) is 0. The van der Waals surface area contributed by atoms with Gasteiger partial charge < -0.3 is 14.5 Å². The first-order valence-corrected chi connectivity index (χ1v) is 11.3. The Morgan fingerprint density at radius 2 is 1.80 bits per heavy atom. The number of anilines is 1. The molecule has 0 spiro atoms. The van der Waals surface area contributed by atoms with Crippen LogP contribution in [0.2, 0.25) is 0 Å². The predicted molar refractivity (Wildman–Crippen MR) is 128 cm³/mol. The molecule has 1 aliphatic rings. The maximum absolute atomic E-state index is 12.8. The molecular formula is C24H26N6O5. The van der Waals surface area contributed by atoms with Gasteiger partial charge in [-0.3, -0.25) is 14.9 Å². The van der Waals surface area contributed by atoms with E-state index in [4.69, 9.17) is 4.74 Å². The Morgan fingerprint density at radius 3 is 2.40 bits per heavy atom. The number of pyridine rings is 1. The standard InChI is InChI=1S/C24H26N6O5/c1-17(2)23-20(15-26-29(23)21-5-3-4-10-25-21)24(32)35-16-22(31)28-13-11-27(12-14-28)18-6-8-19(9-7-18)30(33)34/h3-10,15,17H,11-14,16H2,1-2H3. The van der Waals surface area contributed by atoms with Gasteiger partial charge in [-0.2, -0.15) is 5.10 Å². The molecule has 0 N–H and O–H groups in total. The first-order chi connectivity index (χ1) is 16.8. The number of hydrogen-bond acceptors (Lipinski definition) is 8. The third kappa shape index (κ3) is 5.29. The van der Waals surface area contributed by atoms with Crippen LogP contribution in [-0.2, 0) is 9.53 Å². The number of amides is 1. The van der Waals surface area contributed by atoms with Gasteiger partial charge in [0, 0.05) is 50.2 Å². The van der Waals surface area contributed by atoms with Crippen LogP contribution in [0.25, 0.3) is 5.82 Å². The highest BCUT2D eigenvalue weighted by molar-refractivity contribution is 5.92. The van der Waals surface area contributed by atoms with E-state index in [1.165, 1.54) is 18.3 Å². The lowest BCUT2D eigenvalue weighted by molar-refractivity contribution is -0.384. The molecule has 3 aromatic rings. The average Bonchev–Trinajstić information content (AvgIpc) is 3.33. The van der Waals surface area contributed by atoms with Gasteiger partial charge in [0.1, 0.15) is 5.56 Å². The Labute approximate surface area is 202 Å². The van der Waals surface area contributed by atoms with Gasteiger partial charge in [0.2, 0.25) is 0 Å². The Bertz CT molecular complexity index is 1200. The number of non-ortho nitro benzene ring substituents is 1. The Hall–Kier alpha value is -4.28. The molecule has 0 bridgehead atoms. The number of esters is 1. The summed E-state index contributed by atoms with van der Waals surface area (Å²) in [5, 5.41) is 15.1. The second-order valence-corrected chi connectivity index (χ2v) is 8.42. The minimum Gasteiger partial charge on any atom is -0.452 e. The van der Waals surface area contributed by atoms with Gasteiger partial charge in [-0.15, -0.1) is 0 Å². The van der Waals surface area contributed by atoms with E-state index in [-0.39, 0.29) is 24.1 Å². The summed E-state index contributed by atoms with van der Waals surface area (Å²) < 4.78 is 6.96. The zero-order valence-electron chi connectivity index (χ0n) is 19.5. The van der Waals surface area contributed by atoms with E-state index in [1.807, 2.05) is 19.9 Å². The highest BCUT2D eigenvalue weighted by Crippen LogP contribution is 2.23. The summed E-state index contributed by atoms with van der Waals surface area (Å²) >= 11 is 0. The summed E-state index contributed by atoms with van der Waals surface area (Å²) in [5.41, 5.74) is 1.87. The maximum Gasteiger partial charge on any atom is 0.342 e. The van der Waals surface area contributed by atoms with Crippen LogP contribution >= 0.6 is 0 Å². The number of nitro groups is 1. The van der Waals surface area contributed by atoms with Gasteiger partial charge in [-0.25, -0.2) is 14.5 Å². The zero-order valence-corrected chi connectivity index (χ0v) is 19.5. The fourth-order valence-electron chi connectivity index (χ4n) is 4.03. The number of aromatic nitrogens is 3. The topological polar surface area (TPSA) is 124 Å². The lowest BCUT2D eigenvalue weighted by Crippen LogP contribution is -2.49. The van der Waals surface area contributed by atoms with Crippen molar-refractivity contribution in [3.63, 3.8) is 0 Å². The summed E-state index contributed by atoms with van der Waals surface area (Å²) in [5.74, 6) is -0.305. The lowest BCUT2D eigenvalue weighted by Gasteiger charge is -2.36. The predicted octanol–water partition coefficient (Wildman–Crippen LogP) is 2.80. The van der Waals surface area contributed by atoms with Crippen molar-refractivity contribution >= 4 is 23.3 Å². The van der Waals surface area contributed by atoms with E-state index >= 15 is 0 Å². The second-order valence-electron chi connectivity index (χ2n) is 8.42. The number of nitro benzene ring substituents is 1. The van der Waals surface area contributed by atoms with Crippen molar-refractivity contribution in [3.05, 3.63) is 76.2 Å². The van der Waals surface area contributed by atoms with Crippen molar-refractivity contribution in [3.8, 4) is 5.82 Å². The third-order valence-corrected chi connectivity index (χ3v) is 5.82. The molecule has 0 radical (unpaired) electrons. The molecule has 3 heterocycles. The van der Waals surface area contributed by atoms with Crippen molar-refractivity contribution in [2.45, 2.75) is 19.8 Å². The molecule has 11 nitrogen and oxygen atoms in total. The molecule has 0 atom stereocenters. The van der Waals surface area contributed by atoms with E-state index in [0.717, 1.165) is 5.69 Å². The highest BCUT2D eigenvalue weighted by Gasteiger charge is 2.26. The van der Waals surface area contributed by atoms with Crippen molar-refractivity contribution < 1.29 is 19.2 Å². The normalized spacial score (nSPS) is 13.7. The molecule has 1 saturated heterocycles. The first kappa shape index (κ1) is 23.9. The molecule has 1 amide bonds. The fourth-order valence-corrected chi connectivity index (χ4v) is 4.03. The SMILES string of the molecule is CC(C)c1c(C(=O)OCC(=O)N2CCN(c3ccc([N+](=O)[O-])cc3)CC2)cnn1-c1ccccn1. The molecule has 0 aliphatic carbocycles. The van der Waals surface area contributed by atoms with E-state index in [9.17, 15) is 19.7 Å². The summed E-state index contributed by atoms with van der Waals surface area (Å²) in [4.78, 5) is 43.9. The largest absolute Gasteiger partial charge is 0.452 e. The average molecular weight is 479 g/mol. The molecule has 1 fully saturated rings. The molecule has 0 saturated carbocycles. The minimum atomic E-state index is -0.603. The number of piperazine rings is 1. The number of carbonyl (C=O) groups excluding carboxylic acids is 2. The van der Waals surface area contributed by atoms with Crippen molar-refractivity contribution in [1.82, 2.24) is 19.7 Å². The molecule has 2 aromatic heterocycles. The number of ether oxygens (including phenoxy) is 1. The van der Waals surface area contributed by atoms with Gasteiger partial charge in [-0.05, 0) is 30.2 Å². The molecule has 0 unspecified atom stereocenters. The van der Waals surface area contributed by atoms with Crippen LogP contribution in [0.5, 0.6) is 0 Å². The Kier molecular flexibility index (Phi) is 7.04. The van der Waals surface area contributed by atoms with Crippen molar-refractivity contribution in [2.24, 2.45) is 0 Å². The summed E-state index contributed by atoms with van der Waals surface area (Å²) in [6, 6.07) is 11.8. The van der Waals surface area contributed by atoms with Gasteiger partial charge in [0.25, 0.3) is 11.6 Å². The maximum atomic E-state index is 12.8. The second kappa shape index (κ2) is 10.3. The van der Waals surface area contributed by atoms with Crippen LogP contribution in [0.15, 0.2) is 54.9 Å². The Morgan fingerprint density at radius 1 is 1.09 bits per heavy atom. The number of rotatable bonds is 7. The third-order valence-electron chi connectivity index (χ3n) is 5.82. The van der Waals surface area contributed by atoms with Crippen LogP contribution in [0.4, 0.5) is 11.4 Å². The van der Waals surface area contributed by atoms with Crippen LogP contribution in [0.3, 0.4) is 0 Å². The zero-order chi connectivity index (χ0) is 24.9. The van der Waals surface area contributed by atoms with Gasteiger partial charge in [-0.1, -0.05) is 19.9 Å². The molecule has 182 valence electrons. The fraction of sp³-hybridized carbons (Fsp3) is 0.333. The van der Waals surface area contributed by atoms with Gasteiger partial charge in [0.05, 0.1) is 16.8 Å². The summed E-state index contributed by atoms with van der Waals surface area (Å²) in [6.45, 7) is 5.61. The van der Waals surface area contributed by atoms with Crippen LogP contribution in [0, 0.1) is 10.1 Å². The van der Waals surface area contributed by atoms with Crippen LogP contribution < -0.4 is 4.90 Å². The van der Waals surface area contributed by atoms with Crippen molar-refractivity contribution in [1.29, 1.82) is 0 Å². The van der Waals surface area contributed by atoms with Crippen LogP contribution in [0.1, 0.15) is 35.8 Å². The van der Waals surface area contributed by atoms with E-state index < -0.39 is 10.9 Å². The Balaban J connectivity index is 1.33. The molecular weight excluding hydrogens is 452 g/mol. The van der Waals surface area contributed by atoms with Gasteiger partial charge >= 0.3 is 5.97 Å². The molecule has 35 heavy (non-hydrogen) atoms. The first-order valence-electron chi connectivity index (χ1n) is 11.3. The molecule has 4 rings (SSSR count). The van der Waals surface area contributed by atoms with Gasteiger partial charge in [0.15, 0.2) is 12.4 Å². The number of carbonyl (C=O) groups is 2. The monoisotopic (exact) mass is 478 g/mol. The quantitative estimate of drug-likeness (QED) is 0.288. The number of benzene rings is 1. The van der Waals surface area contributed by atoms with Crippen molar-refractivity contribution in [2.75, 3.05) is 37.7 Å². The van der Waals surface area contributed by atoms with E-state index in [0.29, 0.717) is 43.3 Å². The molecule has 11 heteroatoms. The minimum absolute atomic E-state index is 0.0229. The molecule has 1 aliphatic heterocycles. The lowest BCUT2D eigenvalue weighted by atomic mass is 10.1. The smallest absolute Gasteiger partial charge is 0.342 e. The highest BCUT2D eigenvalue weighted by atomic mass is 16.6. The van der Waals surface area contributed by atoms with E-state index in [2.05, 4.69) is 15.0 Å². The summed E-state index contributed by atoms with van der Waals surface area (Å²) in [7, 11) is 0. The number of nitrogens with zero attached hydrogens (tertiary/aromatic N) is 6. The summed E-state index contributed by atoms with van der Waals surface area (Å²) in [6.07, 6.45) is 3.10. The van der Waals surface area contributed by atoms with Crippen LogP contribution in [-0.4, -0.2) is 69.3 Å². The van der Waals surface area contributed by atoms with E-state index in [1.54, 1.807) is 40.0 Å². The molecule has 1 aromatic carbocycles.